The molecule has 1 rings (SSSR count). The number of halogens is 1. The van der Waals surface area contributed by atoms with Crippen molar-refractivity contribution in [2.24, 2.45) is 5.73 Å². The zero-order valence-corrected chi connectivity index (χ0v) is 10.9. The van der Waals surface area contributed by atoms with Gasteiger partial charge in [-0.25, -0.2) is 4.79 Å². The minimum Gasteiger partial charge on any atom is -0.461 e. The summed E-state index contributed by atoms with van der Waals surface area (Å²) in [6.07, 6.45) is 1.64. The molecule has 0 spiro atoms. The Balaban J connectivity index is 3.03. The van der Waals surface area contributed by atoms with Crippen LogP contribution in [-0.2, 0) is 4.74 Å². The molecule has 0 unspecified atom stereocenters. The van der Waals surface area contributed by atoms with Crippen LogP contribution in [0.3, 0.4) is 0 Å². The Labute approximate surface area is 102 Å². The Hall–Kier alpha value is -0.630. The molecular weight excluding hydrogens is 309 g/mol. The molecule has 1 aromatic heterocycles. The number of rotatable bonds is 4. The first-order valence-electron chi connectivity index (χ1n) is 4.72. The van der Waals surface area contributed by atoms with Crippen molar-refractivity contribution in [3.05, 3.63) is 15.5 Å². The molecule has 0 saturated carbocycles. The summed E-state index contributed by atoms with van der Waals surface area (Å²) in [5.74, 6) is -0.347. The van der Waals surface area contributed by atoms with Gasteiger partial charge in [-0.1, -0.05) is 0 Å². The van der Waals surface area contributed by atoms with Gasteiger partial charge in [0.1, 0.15) is 0 Å². The minimum atomic E-state index is -0.347. The van der Waals surface area contributed by atoms with Crippen molar-refractivity contribution < 1.29 is 9.53 Å². The van der Waals surface area contributed by atoms with Crippen molar-refractivity contribution in [2.75, 3.05) is 13.2 Å². The summed E-state index contributed by atoms with van der Waals surface area (Å²) in [6, 6.07) is -0.00655. The van der Waals surface area contributed by atoms with E-state index in [1.54, 1.807) is 17.8 Å². The lowest BCUT2D eigenvalue weighted by molar-refractivity contribution is 0.0508. The molecule has 84 valence electrons. The van der Waals surface area contributed by atoms with Crippen LogP contribution < -0.4 is 5.73 Å². The number of aromatic nitrogens is 2. The predicted octanol–water partition coefficient (Wildman–Crippen LogP) is 1.18. The molecule has 0 aliphatic carbocycles. The molecule has 2 N–H and O–H groups in total. The minimum absolute atomic E-state index is 0.00655. The number of carbonyl (C=O) groups is 1. The van der Waals surface area contributed by atoms with Gasteiger partial charge in [0.25, 0.3) is 0 Å². The Morgan fingerprint density at radius 1 is 1.80 bits per heavy atom. The molecule has 6 heteroatoms. The first-order chi connectivity index (χ1) is 7.11. The van der Waals surface area contributed by atoms with E-state index in [2.05, 4.69) is 27.7 Å². The number of nitrogens with zero attached hydrogens (tertiary/aromatic N) is 2. The molecule has 0 fully saturated rings. The molecule has 0 aromatic carbocycles. The zero-order valence-electron chi connectivity index (χ0n) is 8.74. The molecule has 1 atom stereocenters. The van der Waals surface area contributed by atoms with Crippen LogP contribution >= 0.6 is 22.6 Å². The summed E-state index contributed by atoms with van der Waals surface area (Å²) in [6.45, 7) is 4.48. The first kappa shape index (κ1) is 12.4. The third-order valence-corrected chi connectivity index (χ3v) is 2.77. The van der Waals surface area contributed by atoms with Crippen LogP contribution in [0.25, 0.3) is 0 Å². The van der Waals surface area contributed by atoms with E-state index in [4.69, 9.17) is 10.5 Å². The first-order valence-corrected chi connectivity index (χ1v) is 5.79. The van der Waals surface area contributed by atoms with Gasteiger partial charge in [-0.2, -0.15) is 5.10 Å². The lowest BCUT2D eigenvalue weighted by Gasteiger charge is -2.12. The van der Waals surface area contributed by atoms with Gasteiger partial charge < -0.3 is 10.5 Å². The quantitative estimate of drug-likeness (QED) is 0.667. The van der Waals surface area contributed by atoms with Crippen molar-refractivity contribution in [1.29, 1.82) is 0 Å². The summed E-state index contributed by atoms with van der Waals surface area (Å²) in [7, 11) is 0. The monoisotopic (exact) mass is 323 g/mol. The molecule has 5 nitrogen and oxygen atoms in total. The number of nitrogens with two attached hydrogens (primary N) is 1. The largest absolute Gasteiger partial charge is 0.461 e. The molecule has 15 heavy (non-hydrogen) atoms. The highest BCUT2D eigenvalue weighted by molar-refractivity contribution is 14.1. The van der Waals surface area contributed by atoms with Gasteiger partial charge in [0.05, 0.1) is 22.4 Å². The summed E-state index contributed by atoms with van der Waals surface area (Å²) < 4.78 is 7.35. The maximum absolute atomic E-state index is 11.6. The van der Waals surface area contributed by atoms with Crippen molar-refractivity contribution in [3.63, 3.8) is 0 Å². The van der Waals surface area contributed by atoms with E-state index in [9.17, 15) is 4.79 Å². The normalized spacial score (nSPS) is 12.5. The van der Waals surface area contributed by atoms with Crippen LogP contribution in [0.15, 0.2) is 6.20 Å². The van der Waals surface area contributed by atoms with Crippen molar-refractivity contribution >= 4 is 28.6 Å². The van der Waals surface area contributed by atoms with Crippen LogP contribution in [0.5, 0.6) is 0 Å². The number of carbonyl (C=O) groups excluding carboxylic acids is 1. The van der Waals surface area contributed by atoms with Crippen LogP contribution in [0, 0.1) is 3.57 Å². The second kappa shape index (κ2) is 5.45. The van der Waals surface area contributed by atoms with Crippen molar-refractivity contribution in [3.8, 4) is 0 Å². The van der Waals surface area contributed by atoms with E-state index in [1.807, 2.05) is 6.92 Å². The summed E-state index contributed by atoms with van der Waals surface area (Å²) in [5, 5.41) is 4.12. The number of esters is 1. The SMILES string of the molecule is CCOC(=O)c1c(I)cnn1[C@@H](C)CN. The van der Waals surface area contributed by atoms with Crippen molar-refractivity contribution in [2.45, 2.75) is 19.9 Å². The standard InChI is InChI=1S/C9H14IN3O2/c1-3-15-9(14)8-7(10)5-12-13(8)6(2)4-11/h5-6H,3-4,11H2,1-2H3/t6-/m0/s1. The predicted molar refractivity (Wildman–Crippen MR) is 64.7 cm³/mol. The van der Waals surface area contributed by atoms with E-state index in [0.29, 0.717) is 18.8 Å². The topological polar surface area (TPSA) is 70.1 Å². The molecule has 0 radical (unpaired) electrons. The number of hydrogen-bond acceptors (Lipinski definition) is 4. The van der Waals surface area contributed by atoms with Gasteiger partial charge in [0, 0.05) is 6.54 Å². The fourth-order valence-electron chi connectivity index (χ4n) is 1.17. The average Bonchev–Trinajstić information content (AvgIpc) is 2.59. The van der Waals surface area contributed by atoms with Gasteiger partial charge in [-0.3, -0.25) is 4.68 Å². The van der Waals surface area contributed by atoms with Gasteiger partial charge in [0.2, 0.25) is 0 Å². The molecule has 0 aliphatic rings. The van der Waals surface area contributed by atoms with E-state index >= 15 is 0 Å². The Morgan fingerprint density at radius 3 is 3.00 bits per heavy atom. The van der Waals surface area contributed by atoms with E-state index in [-0.39, 0.29) is 12.0 Å². The molecule has 0 amide bonds. The third kappa shape index (κ3) is 2.69. The van der Waals surface area contributed by atoms with Crippen LogP contribution in [-0.4, -0.2) is 28.9 Å². The van der Waals surface area contributed by atoms with Crippen LogP contribution in [0.2, 0.25) is 0 Å². The van der Waals surface area contributed by atoms with Gasteiger partial charge in [-0.15, -0.1) is 0 Å². The van der Waals surface area contributed by atoms with E-state index in [0.717, 1.165) is 3.57 Å². The van der Waals surface area contributed by atoms with Crippen molar-refractivity contribution in [1.82, 2.24) is 9.78 Å². The van der Waals surface area contributed by atoms with Crippen LogP contribution in [0.4, 0.5) is 0 Å². The average molecular weight is 323 g/mol. The smallest absolute Gasteiger partial charge is 0.357 e. The molecule has 0 aliphatic heterocycles. The maximum atomic E-state index is 11.6. The van der Waals surface area contributed by atoms with Crippen LogP contribution in [0.1, 0.15) is 30.4 Å². The third-order valence-electron chi connectivity index (χ3n) is 1.98. The van der Waals surface area contributed by atoms with Gasteiger partial charge in [0.15, 0.2) is 5.69 Å². The highest BCUT2D eigenvalue weighted by atomic mass is 127. The Bertz CT molecular complexity index is 351. The second-order valence-corrected chi connectivity index (χ2v) is 4.25. The summed E-state index contributed by atoms with van der Waals surface area (Å²) >= 11 is 2.06. The van der Waals surface area contributed by atoms with E-state index in [1.165, 1.54) is 0 Å². The summed E-state index contributed by atoms with van der Waals surface area (Å²) in [5.41, 5.74) is 6.02. The highest BCUT2D eigenvalue weighted by Crippen LogP contribution is 2.16. The fourth-order valence-corrected chi connectivity index (χ4v) is 1.76. The van der Waals surface area contributed by atoms with E-state index < -0.39 is 0 Å². The zero-order chi connectivity index (χ0) is 11.4. The Kier molecular flexibility index (Phi) is 4.52. The highest BCUT2D eigenvalue weighted by Gasteiger charge is 2.20. The fraction of sp³-hybridized carbons (Fsp3) is 0.556. The maximum Gasteiger partial charge on any atom is 0.357 e. The van der Waals surface area contributed by atoms with Gasteiger partial charge >= 0.3 is 5.97 Å². The molecule has 1 aromatic rings. The molecule has 1 heterocycles. The Morgan fingerprint density at radius 2 is 2.47 bits per heavy atom. The lowest BCUT2D eigenvalue weighted by Crippen LogP contribution is -2.22. The number of hydrogen-bond donors (Lipinski definition) is 1. The molecule has 0 bridgehead atoms. The number of ether oxygens (including phenoxy) is 1. The summed E-state index contributed by atoms with van der Waals surface area (Å²) in [4.78, 5) is 11.6. The molecule has 0 saturated heterocycles. The lowest BCUT2D eigenvalue weighted by atomic mass is 10.3. The molecular formula is C9H14IN3O2. The second-order valence-electron chi connectivity index (χ2n) is 3.09. The van der Waals surface area contributed by atoms with Gasteiger partial charge in [-0.05, 0) is 36.4 Å².